The van der Waals surface area contributed by atoms with Crippen LogP contribution in [0.25, 0.3) is 0 Å². The second kappa shape index (κ2) is 5.51. The minimum absolute atomic E-state index is 0.0983. The van der Waals surface area contributed by atoms with Gasteiger partial charge in [-0.2, -0.15) is 0 Å². The van der Waals surface area contributed by atoms with Crippen molar-refractivity contribution in [3.05, 3.63) is 23.8 Å². The molecule has 0 radical (unpaired) electrons. The van der Waals surface area contributed by atoms with E-state index in [1.807, 2.05) is 0 Å². The molecule has 0 aliphatic carbocycles. The Bertz CT molecular complexity index is 585. The molecule has 1 aromatic carbocycles. The average molecular weight is 308 g/mol. The highest BCUT2D eigenvalue weighted by atomic mass is 16.7. The number of benzene rings is 1. The molecule has 120 valence electrons. The van der Waals surface area contributed by atoms with Crippen molar-refractivity contribution in [1.82, 2.24) is 0 Å². The Labute approximate surface area is 129 Å². The number of hydrogen-bond acceptors (Lipinski definition) is 6. The molecule has 2 rings (SSSR count). The summed E-state index contributed by atoms with van der Waals surface area (Å²) in [5.74, 6) is -1.30. The minimum Gasteiger partial charge on any atom is -0.497 e. The number of hydrogen-bond donors (Lipinski definition) is 0. The normalized spacial score (nSPS) is 19.1. The first kappa shape index (κ1) is 16.1. The highest BCUT2D eigenvalue weighted by Gasteiger charge is 2.53. The summed E-state index contributed by atoms with van der Waals surface area (Å²) in [6.45, 7) is 4.55. The third kappa shape index (κ3) is 2.86. The lowest BCUT2D eigenvalue weighted by molar-refractivity contribution is -0.249. The van der Waals surface area contributed by atoms with Crippen molar-refractivity contribution >= 4 is 11.9 Å². The molecule has 1 fully saturated rings. The summed E-state index contributed by atoms with van der Waals surface area (Å²) < 4.78 is 20.9. The molecule has 1 aliphatic heterocycles. The second-order valence-corrected chi connectivity index (χ2v) is 5.87. The van der Waals surface area contributed by atoms with Gasteiger partial charge in [-0.05, 0) is 30.7 Å². The van der Waals surface area contributed by atoms with Crippen LogP contribution in [0.15, 0.2) is 18.2 Å². The highest BCUT2D eigenvalue weighted by molar-refractivity contribution is 6.01. The number of esters is 2. The molecule has 0 spiro atoms. The SMILES string of the molecule is COc1ccc(OC)c(CC2(C)C(=O)OC(C)(C)OC2=O)c1. The first-order valence-electron chi connectivity index (χ1n) is 6.89. The van der Waals surface area contributed by atoms with Crippen molar-refractivity contribution in [3.63, 3.8) is 0 Å². The van der Waals surface area contributed by atoms with Crippen molar-refractivity contribution in [2.45, 2.75) is 33.0 Å². The summed E-state index contributed by atoms with van der Waals surface area (Å²) in [7, 11) is 3.06. The first-order valence-corrected chi connectivity index (χ1v) is 6.89. The van der Waals surface area contributed by atoms with Crippen molar-refractivity contribution in [1.29, 1.82) is 0 Å². The van der Waals surface area contributed by atoms with Gasteiger partial charge in [-0.25, -0.2) is 0 Å². The standard InChI is InChI=1S/C16H20O6/c1-15(2)21-13(17)16(3,14(18)22-15)9-10-8-11(19-4)6-7-12(10)20-5/h6-8H,9H2,1-5H3. The summed E-state index contributed by atoms with van der Waals surface area (Å²) in [5, 5.41) is 0. The zero-order chi connectivity index (χ0) is 16.5. The lowest BCUT2D eigenvalue weighted by atomic mass is 9.82. The lowest BCUT2D eigenvalue weighted by Crippen LogP contribution is -2.53. The van der Waals surface area contributed by atoms with Crippen LogP contribution in [0.1, 0.15) is 26.3 Å². The second-order valence-electron chi connectivity index (χ2n) is 5.87. The Kier molecular flexibility index (Phi) is 4.04. The van der Waals surface area contributed by atoms with Crippen LogP contribution in [0.4, 0.5) is 0 Å². The molecule has 0 aromatic heterocycles. The summed E-state index contributed by atoms with van der Waals surface area (Å²) in [4.78, 5) is 24.6. The average Bonchev–Trinajstić information content (AvgIpc) is 2.44. The van der Waals surface area contributed by atoms with Gasteiger partial charge in [0.05, 0.1) is 14.2 Å². The molecular formula is C16H20O6. The lowest BCUT2D eigenvalue weighted by Gasteiger charge is -2.38. The number of cyclic esters (lactones) is 2. The van der Waals surface area contributed by atoms with Crippen molar-refractivity contribution in [2.75, 3.05) is 14.2 Å². The Hall–Kier alpha value is -2.24. The van der Waals surface area contributed by atoms with Gasteiger partial charge in [0.15, 0.2) is 5.41 Å². The Balaban J connectivity index is 2.36. The Morgan fingerprint density at radius 3 is 2.09 bits per heavy atom. The van der Waals surface area contributed by atoms with E-state index >= 15 is 0 Å². The van der Waals surface area contributed by atoms with Crippen LogP contribution in [-0.4, -0.2) is 31.9 Å². The molecule has 0 unspecified atom stereocenters. The van der Waals surface area contributed by atoms with Gasteiger partial charge in [-0.3, -0.25) is 9.59 Å². The predicted octanol–water partition coefficient (Wildman–Crippen LogP) is 2.09. The predicted molar refractivity (Wildman–Crippen MR) is 77.6 cm³/mol. The molecule has 1 saturated heterocycles. The minimum atomic E-state index is -1.42. The molecular weight excluding hydrogens is 288 g/mol. The maximum atomic E-state index is 12.3. The van der Waals surface area contributed by atoms with Gasteiger partial charge in [0.25, 0.3) is 5.79 Å². The Morgan fingerprint density at radius 2 is 1.59 bits per heavy atom. The largest absolute Gasteiger partial charge is 0.497 e. The number of methoxy groups -OCH3 is 2. The zero-order valence-electron chi connectivity index (χ0n) is 13.4. The van der Waals surface area contributed by atoms with Crippen LogP contribution in [0, 0.1) is 5.41 Å². The summed E-state index contributed by atoms with van der Waals surface area (Å²) >= 11 is 0. The van der Waals surface area contributed by atoms with Crippen LogP contribution in [-0.2, 0) is 25.5 Å². The molecule has 6 nitrogen and oxygen atoms in total. The molecule has 0 bridgehead atoms. The highest BCUT2D eigenvalue weighted by Crippen LogP contribution is 2.37. The molecule has 1 aliphatic rings. The van der Waals surface area contributed by atoms with E-state index in [2.05, 4.69) is 0 Å². The van der Waals surface area contributed by atoms with Crippen LogP contribution in [0.5, 0.6) is 11.5 Å². The third-order valence-electron chi connectivity index (χ3n) is 3.61. The van der Waals surface area contributed by atoms with Crippen molar-refractivity contribution in [3.8, 4) is 11.5 Å². The van der Waals surface area contributed by atoms with E-state index in [9.17, 15) is 9.59 Å². The number of rotatable bonds is 4. The number of carbonyl (C=O) groups excluding carboxylic acids is 2. The van der Waals surface area contributed by atoms with E-state index in [-0.39, 0.29) is 6.42 Å². The van der Waals surface area contributed by atoms with Crippen molar-refractivity contribution < 1.29 is 28.5 Å². The quantitative estimate of drug-likeness (QED) is 0.626. The molecule has 0 amide bonds. The maximum absolute atomic E-state index is 12.3. The van der Waals surface area contributed by atoms with E-state index in [1.165, 1.54) is 27.9 Å². The number of carbonyl (C=O) groups is 2. The van der Waals surface area contributed by atoms with Crippen LogP contribution < -0.4 is 9.47 Å². The first-order chi connectivity index (χ1) is 10.2. The molecule has 6 heteroatoms. The summed E-state index contributed by atoms with van der Waals surface area (Å²) in [6.07, 6.45) is 0.0983. The van der Waals surface area contributed by atoms with Crippen LogP contribution in [0.3, 0.4) is 0 Å². The number of ether oxygens (including phenoxy) is 4. The summed E-state index contributed by atoms with van der Waals surface area (Å²) in [5.41, 5.74) is -0.757. The van der Waals surface area contributed by atoms with Gasteiger partial charge in [-0.1, -0.05) is 0 Å². The molecule has 0 saturated carbocycles. The Morgan fingerprint density at radius 1 is 1.00 bits per heavy atom. The van der Waals surface area contributed by atoms with E-state index in [1.54, 1.807) is 25.3 Å². The van der Waals surface area contributed by atoms with Gasteiger partial charge >= 0.3 is 11.9 Å². The maximum Gasteiger partial charge on any atom is 0.326 e. The molecule has 1 heterocycles. The van der Waals surface area contributed by atoms with Gasteiger partial charge in [0.2, 0.25) is 0 Å². The van der Waals surface area contributed by atoms with Gasteiger partial charge in [-0.15, -0.1) is 0 Å². The van der Waals surface area contributed by atoms with E-state index < -0.39 is 23.1 Å². The fourth-order valence-electron chi connectivity index (χ4n) is 2.32. The van der Waals surface area contributed by atoms with Crippen LogP contribution in [0.2, 0.25) is 0 Å². The van der Waals surface area contributed by atoms with Crippen molar-refractivity contribution in [2.24, 2.45) is 5.41 Å². The molecule has 1 aromatic rings. The van der Waals surface area contributed by atoms with Gasteiger partial charge in [0.1, 0.15) is 11.5 Å². The van der Waals surface area contributed by atoms with E-state index in [0.717, 1.165) is 0 Å². The van der Waals surface area contributed by atoms with E-state index in [4.69, 9.17) is 18.9 Å². The smallest absolute Gasteiger partial charge is 0.326 e. The summed E-state index contributed by atoms with van der Waals surface area (Å²) in [6, 6.07) is 5.19. The topological polar surface area (TPSA) is 71.1 Å². The molecule has 0 atom stereocenters. The molecule has 22 heavy (non-hydrogen) atoms. The molecule has 0 N–H and O–H groups in total. The zero-order valence-corrected chi connectivity index (χ0v) is 13.4. The van der Waals surface area contributed by atoms with Gasteiger partial charge in [0, 0.05) is 20.3 Å². The fourth-order valence-corrected chi connectivity index (χ4v) is 2.32. The van der Waals surface area contributed by atoms with Crippen LogP contribution >= 0.6 is 0 Å². The third-order valence-corrected chi connectivity index (χ3v) is 3.61. The fraction of sp³-hybridized carbons (Fsp3) is 0.500. The van der Waals surface area contributed by atoms with E-state index in [0.29, 0.717) is 17.1 Å². The van der Waals surface area contributed by atoms with Gasteiger partial charge < -0.3 is 18.9 Å². The monoisotopic (exact) mass is 308 g/mol.